The highest BCUT2D eigenvalue weighted by molar-refractivity contribution is 7.47. The van der Waals surface area contributed by atoms with Crippen molar-refractivity contribution in [1.29, 1.82) is 0 Å². The Bertz CT molecular complexity index is 1840. The first-order valence-electron chi connectivity index (χ1n) is 38.2. The third kappa shape index (κ3) is 67.0. The second-order valence-electron chi connectivity index (χ2n) is 28.4. The van der Waals surface area contributed by atoms with Crippen molar-refractivity contribution in [1.82, 2.24) is 0 Å². The lowest BCUT2D eigenvalue weighted by molar-refractivity contribution is -0.161. The molecule has 0 rings (SSSR count). The van der Waals surface area contributed by atoms with Gasteiger partial charge in [0.1, 0.15) is 19.3 Å². The summed E-state index contributed by atoms with van der Waals surface area (Å²) in [6, 6.07) is 0. The van der Waals surface area contributed by atoms with E-state index in [-0.39, 0.29) is 25.7 Å². The average Bonchev–Trinajstić information content (AvgIpc) is 1.60. The molecular weight excluding hydrogens is 1220 g/mol. The zero-order chi connectivity index (χ0) is 68.9. The lowest BCUT2D eigenvalue weighted by Gasteiger charge is -2.21. The fourth-order valence-electron chi connectivity index (χ4n) is 11.2. The minimum absolute atomic E-state index is 0.105. The summed E-state index contributed by atoms with van der Waals surface area (Å²) in [5, 5.41) is 10.6. The van der Waals surface area contributed by atoms with Crippen LogP contribution in [0.1, 0.15) is 370 Å². The summed E-state index contributed by atoms with van der Waals surface area (Å²) < 4.78 is 68.5. The SMILES string of the molecule is CCC(C)CCCCCCCCCCCCC(=O)O[C@H](COC(=O)CCCCCCCCCCC(C)C)COP(=O)(O)OCC(O)COP(=O)(O)OC[C@@H](COC(=O)CCCCCCCCCCCCCC(C)C)OC(=O)CCCCCCCCCCCCCC(C)C. The topological polar surface area (TPSA) is 237 Å². The fraction of sp³-hybridized carbons (Fsp3) is 0.946. The standard InChI is InChI=1S/C74H144O17P2/c1-9-67(8)53-45-37-29-20-16-17-23-33-41-49-57-74(79)91-70(61-85-72(77)55-47-39-31-25-24-28-36-44-52-66(6)7)63-89-93(82,83)87-59-68(75)58-86-92(80,81)88-62-69(90-73(78)56-48-40-32-22-15-11-13-19-27-35-43-51-65(4)5)60-84-71(76)54-46-38-30-21-14-10-12-18-26-34-42-50-64(2)3/h64-70,75H,9-63H2,1-8H3,(H,80,81)(H,82,83)/t67?,68?,69-,70-/m1/s1. The Morgan fingerprint density at radius 3 is 0.763 bits per heavy atom. The average molecular weight is 1370 g/mol. The molecule has 552 valence electrons. The van der Waals surface area contributed by atoms with Crippen molar-refractivity contribution in [3.05, 3.63) is 0 Å². The van der Waals surface area contributed by atoms with Crippen LogP contribution in [0.2, 0.25) is 0 Å². The van der Waals surface area contributed by atoms with Crippen molar-refractivity contribution in [2.45, 2.75) is 388 Å². The molecule has 0 aliphatic carbocycles. The van der Waals surface area contributed by atoms with E-state index < -0.39 is 97.5 Å². The van der Waals surface area contributed by atoms with Gasteiger partial charge in [0.05, 0.1) is 26.4 Å². The maximum absolute atomic E-state index is 13.1. The van der Waals surface area contributed by atoms with E-state index in [1.54, 1.807) is 0 Å². The summed E-state index contributed by atoms with van der Waals surface area (Å²) in [7, 11) is -9.91. The van der Waals surface area contributed by atoms with E-state index in [9.17, 15) is 43.2 Å². The molecule has 0 spiro atoms. The molecule has 19 heteroatoms. The summed E-state index contributed by atoms with van der Waals surface area (Å²) in [5.41, 5.74) is 0. The Morgan fingerprint density at radius 2 is 0.516 bits per heavy atom. The number of phosphoric acid groups is 2. The third-order valence-electron chi connectivity index (χ3n) is 17.4. The molecule has 0 saturated carbocycles. The second-order valence-corrected chi connectivity index (χ2v) is 31.3. The highest BCUT2D eigenvalue weighted by Gasteiger charge is 2.30. The van der Waals surface area contributed by atoms with Crippen LogP contribution in [0, 0.1) is 23.7 Å². The summed E-state index contributed by atoms with van der Waals surface area (Å²) in [4.78, 5) is 72.8. The van der Waals surface area contributed by atoms with E-state index in [1.807, 2.05) is 0 Å². The van der Waals surface area contributed by atoms with Crippen LogP contribution in [0.25, 0.3) is 0 Å². The minimum Gasteiger partial charge on any atom is -0.462 e. The summed E-state index contributed by atoms with van der Waals surface area (Å²) in [5.74, 6) is 0.942. The van der Waals surface area contributed by atoms with Crippen molar-refractivity contribution in [3.63, 3.8) is 0 Å². The zero-order valence-electron chi connectivity index (χ0n) is 60.9. The number of hydrogen-bond donors (Lipinski definition) is 3. The minimum atomic E-state index is -4.96. The molecule has 0 aromatic heterocycles. The molecule has 93 heavy (non-hydrogen) atoms. The smallest absolute Gasteiger partial charge is 0.462 e. The molecule has 0 aliphatic rings. The van der Waals surface area contributed by atoms with Gasteiger partial charge >= 0.3 is 39.5 Å². The molecular formula is C74H144O17P2. The number of aliphatic hydroxyl groups excluding tert-OH is 1. The Kier molecular flexibility index (Phi) is 62.2. The monoisotopic (exact) mass is 1370 g/mol. The van der Waals surface area contributed by atoms with Crippen LogP contribution in [0.5, 0.6) is 0 Å². The van der Waals surface area contributed by atoms with Gasteiger partial charge < -0.3 is 33.8 Å². The highest BCUT2D eigenvalue weighted by atomic mass is 31.2. The summed E-state index contributed by atoms with van der Waals surface area (Å²) >= 11 is 0. The van der Waals surface area contributed by atoms with E-state index in [2.05, 4.69) is 55.4 Å². The summed E-state index contributed by atoms with van der Waals surface area (Å²) in [6.45, 7) is 14.2. The number of aliphatic hydroxyl groups is 1. The van der Waals surface area contributed by atoms with Gasteiger partial charge in [0, 0.05) is 25.7 Å². The first-order valence-corrected chi connectivity index (χ1v) is 41.2. The Balaban J connectivity index is 5.28. The molecule has 0 heterocycles. The van der Waals surface area contributed by atoms with Crippen molar-refractivity contribution in [2.24, 2.45) is 23.7 Å². The largest absolute Gasteiger partial charge is 0.472 e. The highest BCUT2D eigenvalue weighted by Crippen LogP contribution is 2.45. The third-order valence-corrected chi connectivity index (χ3v) is 19.3. The predicted molar refractivity (Wildman–Crippen MR) is 377 cm³/mol. The number of ether oxygens (including phenoxy) is 4. The van der Waals surface area contributed by atoms with E-state index in [4.69, 9.17) is 37.0 Å². The van der Waals surface area contributed by atoms with Gasteiger partial charge in [-0.05, 0) is 49.4 Å². The van der Waals surface area contributed by atoms with Gasteiger partial charge in [-0.15, -0.1) is 0 Å². The molecule has 0 aromatic rings. The molecule has 0 aromatic carbocycles. The van der Waals surface area contributed by atoms with Gasteiger partial charge in [-0.3, -0.25) is 37.3 Å². The second kappa shape index (κ2) is 63.5. The quantitative estimate of drug-likeness (QED) is 0.0222. The van der Waals surface area contributed by atoms with Gasteiger partial charge in [0.15, 0.2) is 12.2 Å². The molecule has 0 radical (unpaired) electrons. The van der Waals surface area contributed by atoms with Crippen LogP contribution in [-0.2, 0) is 65.4 Å². The van der Waals surface area contributed by atoms with E-state index in [0.29, 0.717) is 25.7 Å². The van der Waals surface area contributed by atoms with Crippen molar-refractivity contribution < 1.29 is 80.2 Å². The molecule has 0 bridgehead atoms. The lowest BCUT2D eigenvalue weighted by Crippen LogP contribution is -2.30. The Labute approximate surface area is 568 Å². The van der Waals surface area contributed by atoms with E-state index in [0.717, 1.165) is 114 Å². The number of phosphoric ester groups is 2. The molecule has 0 amide bonds. The maximum Gasteiger partial charge on any atom is 0.472 e. The Morgan fingerprint density at radius 1 is 0.301 bits per heavy atom. The van der Waals surface area contributed by atoms with Gasteiger partial charge in [0.25, 0.3) is 0 Å². The fourth-order valence-corrected chi connectivity index (χ4v) is 12.7. The van der Waals surface area contributed by atoms with Crippen LogP contribution in [0.15, 0.2) is 0 Å². The van der Waals surface area contributed by atoms with Crippen LogP contribution in [-0.4, -0.2) is 96.7 Å². The Hall–Kier alpha value is -1.94. The number of hydrogen-bond acceptors (Lipinski definition) is 15. The predicted octanol–water partition coefficient (Wildman–Crippen LogP) is 21.3. The number of carbonyl (C=O) groups excluding carboxylic acids is 4. The lowest BCUT2D eigenvalue weighted by atomic mass is 9.99. The summed E-state index contributed by atoms with van der Waals surface area (Å²) in [6.07, 6.45) is 47.1. The van der Waals surface area contributed by atoms with E-state index in [1.165, 1.54) is 173 Å². The normalized spacial score (nSPS) is 14.5. The van der Waals surface area contributed by atoms with Gasteiger partial charge in [0.2, 0.25) is 0 Å². The maximum atomic E-state index is 13.1. The van der Waals surface area contributed by atoms with Gasteiger partial charge in [-0.25, -0.2) is 9.13 Å². The molecule has 6 atom stereocenters. The first-order chi connectivity index (χ1) is 44.6. The molecule has 0 saturated heterocycles. The van der Waals surface area contributed by atoms with Gasteiger partial charge in [-0.2, -0.15) is 0 Å². The molecule has 0 fully saturated rings. The van der Waals surface area contributed by atoms with Crippen LogP contribution in [0.4, 0.5) is 0 Å². The molecule has 4 unspecified atom stereocenters. The van der Waals surface area contributed by atoms with Crippen molar-refractivity contribution in [2.75, 3.05) is 39.6 Å². The van der Waals surface area contributed by atoms with Crippen LogP contribution < -0.4 is 0 Å². The van der Waals surface area contributed by atoms with Crippen LogP contribution in [0.3, 0.4) is 0 Å². The van der Waals surface area contributed by atoms with Gasteiger partial charge in [-0.1, -0.05) is 319 Å². The number of esters is 4. The van der Waals surface area contributed by atoms with Crippen molar-refractivity contribution in [3.8, 4) is 0 Å². The molecule has 17 nitrogen and oxygen atoms in total. The molecule has 3 N–H and O–H groups in total. The van der Waals surface area contributed by atoms with E-state index >= 15 is 0 Å². The zero-order valence-corrected chi connectivity index (χ0v) is 62.7. The molecule has 0 aliphatic heterocycles. The number of unbranched alkanes of at least 4 members (excludes halogenated alkanes) is 36. The van der Waals surface area contributed by atoms with Crippen LogP contribution >= 0.6 is 15.6 Å². The first kappa shape index (κ1) is 91.1. The number of carbonyl (C=O) groups is 4. The van der Waals surface area contributed by atoms with Crippen molar-refractivity contribution >= 4 is 39.5 Å². The number of rotatable bonds is 71.